The summed E-state index contributed by atoms with van der Waals surface area (Å²) in [5, 5.41) is 23.9. The molecule has 0 radical (unpaired) electrons. The standard InChI is InChI=1S/C23H23FN6O2/c1-3-28-6-8-29(9-7-28)22(31)16-4-5-21(26-13-16)30-23(32)19(14-27-30)18-11-20(24)17(12-25)10-15(18)2/h4-5,10-11,13-14,32H,3,6-9H2,1-2H3. The highest BCUT2D eigenvalue weighted by molar-refractivity contribution is 5.94. The summed E-state index contributed by atoms with van der Waals surface area (Å²) in [4.78, 5) is 21.2. The molecule has 9 heteroatoms. The van der Waals surface area contributed by atoms with Crippen molar-refractivity contribution < 1.29 is 14.3 Å². The quantitative estimate of drug-likeness (QED) is 0.678. The molecule has 3 aromatic rings. The molecule has 0 unspecified atom stereocenters. The molecule has 8 nitrogen and oxygen atoms in total. The number of likely N-dealkylation sites (N-methyl/N-ethyl adjacent to an activating group) is 1. The van der Waals surface area contributed by atoms with Gasteiger partial charge in [0, 0.05) is 32.4 Å². The summed E-state index contributed by atoms with van der Waals surface area (Å²) < 4.78 is 15.3. The van der Waals surface area contributed by atoms with E-state index in [1.54, 1.807) is 25.1 Å². The summed E-state index contributed by atoms with van der Waals surface area (Å²) in [5.41, 5.74) is 1.80. The first-order chi connectivity index (χ1) is 15.4. The average Bonchev–Trinajstić information content (AvgIpc) is 3.20. The number of aryl methyl sites for hydroxylation is 1. The molecule has 0 bridgehead atoms. The van der Waals surface area contributed by atoms with Crippen LogP contribution in [0.2, 0.25) is 0 Å². The van der Waals surface area contributed by atoms with E-state index >= 15 is 0 Å². The number of nitrogens with zero attached hydrogens (tertiary/aromatic N) is 6. The number of carbonyl (C=O) groups excluding carboxylic acids is 1. The molecule has 1 N–H and O–H groups in total. The number of rotatable bonds is 4. The molecule has 1 aliphatic rings. The van der Waals surface area contributed by atoms with Crippen molar-refractivity contribution in [3.8, 4) is 28.9 Å². The molecular weight excluding hydrogens is 411 g/mol. The minimum absolute atomic E-state index is 0.0591. The molecule has 1 fully saturated rings. The van der Waals surface area contributed by atoms with Gasteiger partial charge in [0.2, 0.25) is 5.88 Å². The van der Waals surface area contributed by atoms with Crippen molar-refractivity contribution in [2.45, 2.75) is 13.8 Å². The van der Waals surface area contributed by atoms with E-state index in [9.17, 15) is 14.3 Å². The van der Waals surface area contributed by atoms with E-state index in [-0.39, 0.29) is 17.4 Å². The van der Waals surface area contributed by atoms with Crippen molar-refractivity contribution in [1.82, 2.24) is 24.6 Å². The molecule has 1 amide bonds. The monoisotopic (exact) mass is 434 g/mol. The lowest BCUT2D eigenvalue weighted by Gasteiger charge is -2.34. The van der Waals surface area contributed by atoms with Gasteiger partial charge in [0.1, 0.15) is 11.9 Å². The maximum atomic E-state index is 14.1. The van der Waals surface area contributed by atoms with Crippen molar-refractivity contribution in [3.05, 3.63) is 59.2 Å². The first-order valence-electron chi connectivity index (χ1n) is 10.4. The number of aromatic hydroxyl groups is 1. The summed E-state index contributed by atoms with van der Waals surface area (Å²) in [6.07, 6.45) is 2.88. The minimum atomic E-state index is -0.666. The molecule has 1 saturated heterocycles. The van der Waals surface area contributed by atoms with Crippen LogP contribution in [0.3, 0.4) is 0 Å². The molecule has 0 saturated carbocycles. The van der Waals surface area contributed by atoms with Crippen molar-refractivity contribution in [2.24, 2.45) is 0 Å². The van der Waals surface area contributed by atoms with Crippen molar-refractivity contribution in [1.29, 1.82) is 5.26 Å². The van der Waals surface area contributed by atoms with Crippen LogP contribution in [0, 0.1) is 24.1 Å². The molecule has 1 aromatic carbocycles. The normalized spacial score (nSPS) is 14.4. The fraction of sp³-hybridized carbons (Fsp3) is 0.304. The first-order valence-corrected chi connectivity index (χ1v) is 10.4. The van der Waals surface area contributed by atoms with Gasteiger partial charge in [-0.2, -0.15) is 15.0 Å². The summed E-state index contributed by atoms with van der Waals surface area (Å²) >= 11 is 0. The zero-order valence-corrected chi connectivity index (χ0v) is 17.9. The molecule has 164 valence electrons. The fourth-order valence-electron chi connectivity index (χ4n) is 3.84. The lowest BCUT2D eigenvalue weighted by molar-refractivity contribution is 0.0643. The van der Waals surface area contributed by atoms with Crippen LogP contribution in [0.25, 0.3) is 16.9 Å². The Morgan fingerprint density at radius 1 is 1.19 bits per heavy atom. The Labute approximate surface area is 185 Å². The highest BCUT2D eigenvalue weighted by atomic mass is 19.1. The van der Waals surface area contributed by atoms with E-state index in [2.05, 4.69) is 21.9 Å². The van der Waals surface area contributed by atoms with Gasteiger partial charge in [0.25, 0.3) is 5.91 Å². The Morgan fingerprint density at radius 3 is 2.56 bits per heavy atom. The third-order valence-electron chi connectivity index (χ3n) is 5.79. The number of nitriles is 1. The average molecular weight is 434 g/mol. The Morgan fingerprint density at radius 2 is 1.94 bits per heavy atom. The Kier molecular flexibility index (Phi) is 5.88. The van der Waals surface area contributed by atoms with E-state index in [0.717, 1.165) is 19.6 Å². The van der Waals surface area contributed by atoms with Crippen LogP contribution in [0.1, 0.15) is 28.4 Å². The van der Waals surface area contributed by atoms with Crippen LogP contribution in [0.5, 0.6) is 5.88 Å². The zero-order valence-electron chi connectivity index (χ0n) is 17.9. The summed E-state index contributed by atoms with van der Waals surface area (Å²) in [7, 11) is 0. The number of amides is 1. The second-order valence-corrected chi connectivity index (χ2v) is 7.68. The van der Waals surface area contributed by atoms with E-state index < -0.39 is 5.82 Å². The second kappa shape index (κ2) is 8.77. The number of carbonyl (C=O) groups is 1. The van der Waals surface area contributed by atoms with E-state index in [1.807, 2.05) is 4.90 Å². The lowest BCUT2D eigenvalue weighted by atomic mass is 10.0. The van der Waals surface area contributed by atoms with Crippen LogP contribution in [0.4, 0.5) is 4.39 Å². The number of piperazine rings is 1. The van der Waals surface area contributed by atoms with Crippen LogP contribution >= 0.6 is 0 Å². The molecule has 1 aliphatic heterocycles. The third-order valence-corrected chi connectivity index (χ3v) is 5.79. The Bertz CT molecular complexity index is 1190. The molecular formula is C23H23FN6O2. The predicted octanol–water partition coefficient (Wildman–Crippen LogP) is 2.74. The highest BCUT2D eigenvalue weighted by Gasteiger charge is 2.22. The third kappa shape index (κ3) is 3.92. The Hall–Kier alpha value is -3.77. The summed E-state index contributed by atoms with van der Waals surface area (Å²) in [6, 6.07) is 7.71. The molecule has 2 aromatic heterocycles. The number of halogens is 1. The van der Waals surface area contributed by atoms with Gasteiger partial charge >= 0.3 is 0 Å². The van der Waals surface area contributed by atoms with Crippen LogP contribution in [-0.2, 0) is 0 Å². The smallest absolute Gasteiger partial charge is 0.255 e. The highest BCUT2D eigenvalue weighted by Crippen LogP contribution is 2.34. The lowest BCUT2D eigenvalue weighted by Crippen LogP contribution is -2.48. The minimum Gasteiger partial charge on any atom is -0.493 e. The van der Waals surface area contributed by atoms with Crippen molar-refractivity contribution in [2.75, 3.05) is 32.7 Å². The molecule has 32 heavy (non-hydrogen) atoms. The molecule has 4 rings (SSSR count). The summed E-state index contributed by atoms with van der Waals surface area (Å²) in [6.45, 7) is 7.87. The zero-order chi connectivity index (χ0) is 22.8. The van der Waals surface area contributed by atoms with Gasteiger partial charge in [-0.1, -0.05) is 6.92 Å². The topological polar surface area (TPSA) is 98.3 Å². The van der Waals surface area contributed by atoms with Gasteiger partial charge < -0.3 is 14.9 Å². The Balaban J connectivity index is 1.56. The van der Waals surface area contributed by atoms with Gasteiger partial charge in [-0.15, -0.1) is 0 Å². The van der Waals surface area contributed by atoms with E-state index in [0.29, 0.717) is 41.2 Å². The molecule has 0 aliphatic carbocycles. The second-order valence-electron chi connectivity index (χ2n) is 7.68. The van der Waals surface area contributed by atoms with E-state index in [1.165, 1.54) is 29.2 Å². The van der Waals surface area contributed by atoms with E-state index in [4.69, 9.17) is 5.26 Å². The van der Waals surface area contributed by atoms with Gasteiger partial charge in [-0.25, -0.2) is 9.37 Å². The molecule has 3 heterocycles. The number of aromatic nitrogens is 3. The van der Waals surface area contributed by atoms with Gasteiger partial charge in [-0.05, 0) is 48.9 Å². The number of hydrogen-bond donors (Lipinski definition) is 1. The van der Waals surface area contributed by atoms with Gasteiger partial charge in [0.15, 0.2) is 5.82 Å². The van der Waals surface area contributed by atoms with Crippen LogP contribution in [0.15, 0.2) is 36.7 Å². The first kappa shape index (κ1) is 21.5. The summed E-state index contributed by atoms with van der Waals surface area (Å²) in [5.74, 6) is -0.623. The number of benzene rings is 1. The largest absolute Gasteiger partial charge is 0.493 e. The van der Waals surface area contributed by atoms with Gasteiger partial charge in [0.05, 0.1) is 22.9 Å². The SMILES string of the molecule is CCN1CCN(C(=O)c2ccc(-n3ncc(-c4cc(F)c(C#N)cc4C)c3O)nc2)CC1. The van der Waals surface area contributed by atoms with Gasteiger partial charge in [-0.3, -0.25) is 4.79 Å². The molecule has 0 atom stereocenters. The van der Waals surface area contributed by atoms with Crippen molar-refractivity contribution in [3.63, 3.8) is 0 Å². The molecule has 0 spiro atoms. The van der Waals surface area contributed by atoms with Crippen LogP contribution < -0.4 is 0 Å². The number of pyridine rings is 1. The maximum Gasteiger partial charge on any atom is 0.255 e. The fourth-order valence-corrected chi connectivity index (χ4v) is 3.84. The predicted molar refractivity (Wildman–Crippen MR) is 116 cm³/mol. The number of hydrogen-bond acceptors (Lipinski definition) is 6. The van der Waals surface area contributed by atoms with Crippen molar-refractivity contribution >= 4 is 5.91 Å². The van der Waals surface area contributed by atoms with Crippen LogP contribution in [-0.4, -0.2) is 68.3 Å². The maximum absolute atomic E-state index is 14.1.